The Morgan fingerprint density at radius 2 is 1.46 bits per heavy atom. The summed E-state index contributed by atoms with van der Waals surface area (Å²) in [6.45, 7) is 0. The van der Waals surface area contributed by atoms with Crippen molar-refractivity contribution in [2.45, 2.75) is 17.3 Å². The number of pyridine rings is 1. The van der Waals surface area contributed by atoms with E-state index in [0.29, 0.717) is 39.2 Å². The predicted molar refractivity (Wildman–Crippen MR) is 227 cm³/mol. The number of rotatable bonds is 5. The van der Waals surface area contributed by atoms with E-state index in [2.05, 4.69) is 46.5 Å². The first kappa shape index (κ1) is 38.2. The van der Waals surface area contributed by atoms with Crippen LogP contribution in [0.1, 0.15) is 0 Å². The normalized spacial score (nSPS) is 11.5. The van der Waals surface area contributed by atoms with E-state index in [1.165, 1.54) is 16.5 Å². The van der Waals surface area contributed by atoms with Gasteiger partial charge in [-0.05, 0) is 52.7 Å². The summed E-state index contributed by atoms with van der Waals surface area (Å²) >= 11 is -1.72. The molecule has 0 aliphatic carbocycles. The minimum absolute atomic E-state index is 0. The monoisotopic (exact) mass is 986 g/mol. The van der Waals surface area contributed by atoms with Gasteiger partial charge in [-0.2, -0.15) is 0 Å². The van der Waals surface area contributed by atoms with Crippen molar-refractivity contribution in [3.05, 3.63) is 182 Å². The van der Waals surface area contributed by atoms with Gasteiger partial charge >= 0.3 is 99.8 Å². The molecule has 3 aromatic heterocycles. The van der Waals surface area contributed by atoms with Crippen LogP contribution >= 0.6 is 0 Å². The molecule has 0 amide bonds. The summed E-state index contributed by atoms with van der Waals surface area (Å²) in [6, 6.07) is 53.9. The molecule has 0 saturated heterocycles. The van der Waals surface area contributed by atoms with E-state index in [1.807, 2.05) is 114 Å². The molecule has 0 saturated carbocycles. The molecule has 0 N–H and O–H groups in total. The zero-order chi connectivity index (χ0) is 38.4. The quantitative estimate of drug-likeness (QED) is 0.127. The molecular weight excluding hydrogens is 949 g/mol. The molecule has 0 atom stereocenters. The second-order valence-corrected chi connectivity index (χ2v) is 25.4. The van der Waals surface area contributed by atoms with E-state index in [9.17, 15) is 4.39 Å². The first-order valence-corrected chi connectivity index (χ1v) is 25.8. The van der Waals surface area contributed by atoms with Crippen molar-refractivity contribution in [3.63, 3.8) is 0 Å². The van der Waals surface area contributed by atoms with Crippen molar-refractivity contribution < 1.29 is 33.3 Å². The summed E-state index contributed by atoms with van der Waals surface area (Å²) in [6.07, 6.45) is 2.04. The number of imidazole rings is 1. The van der Waals surface area contributed by atoms with Crippen LogP contribution in [0.15, 0.2) is 162 Å². The molecule has 10 rings (SSSR count). The van der Waals surface area contributed by atoms with E-state index in [-0.39, 0.29) is 31.7 Å². The molecule has 0 aliphatic heterocycles. The van der Waals surface area contributed by atoms with E-state index in [4.69, 9.17) is 9.40 Å². The first-order valence-electron chi connectivity index (χ1n) is 18.4. The molecule has 0 aliphatic rings. The molecule has 0 spiro atoms. The molecule has 8 heteroatoms. The van der Waals surface area contributed by atoms with Gasteiger partial charge in [0.25, 0.3) is 0 Å². The topological polar surface area (TPSA) is 43.9 Å². The molecule has 281 valence electrons. The zero-order valence-electron chi connectivity index (χ0n) is 31.4. The summed E-state index contributed by atoms with van der Waals surface area (Å²) < 4.78 is 39.6. The van der Waals surface area contributed by atoms with E-state index in [0.717, 1.165) is 44.1 Å². The number of fused-ring (bicyclic) bond motifs is 5. The second-order valence-electron chi connectivity index (χ2n) is 14.8. The van der Waals surface area contributed by atoms with E-state index in [1.54, 1.807) is 24.3 Å². The fourth-order valence-electron chi connectivity index (χ4n) is 7.14. The number of furan rings is 1. The van der Waals surface area contributed by atoms with E-state index < -0.39 is 13.3 Å². The Balaban J connectivity index is 0.000000226. The molecule has 57 heavy (non-hydrogen) atoms. The summed E-state index contributed by atoms with van der Waals surface area (Å²) in [5.74, 6) is 7.00. The Morgan fingerprint density at radius 3 is 2.23 bits per heavy atom. The Labute approximate surface area is 345 Å². The number of nitrogens with zero attached hydrogens (tertiary/aromatic N) is 3. The number of para-hydroxylation sites is 1. The largest absolute Gasteiger partial charge is 0 e. The van der Waals surface area contributed by atoms with Crippen LogP contribution in [-0.4, -0.2) is 27.8 Å². The van der Waals surface area contributed by atoms with Crippen LogP contribution in [0.3, 0.4) is 0 Å². The third-order valence-corrected chi connectivity index (χ3v) is 14.3. The minimum Gasteiger partial charge on any atom is 0 e. The van der Waals surface area contributed by atoms with Crippen LogP contribution < -0.4 is 4.40 Å². The average molecular weight is 985 g/mol. The maximum absolute atomic E-state index is 15.4. The maximum Gasteiger partial charge on any atom is 0 e. The van der Waals surface area contributed by atoms with Crippen molar-refractivity contribution in [1.82, 2.24) is 14.5 Å². The SMILES string of the molecule is Fc1ccccc1-c1ccc2c(c1)oc1c(-c3nc4cccc(F)c4n3-c3ccc4ccccc4c3)[c-]ccc12.[CH3][Ge]([CH3])([CH3])[c]1ccc(-c2[c-]cccc2)nc1.[Ir]. The van der Waals surface area contributed by atoms with Gasteiger partial charge in [-0.15, -0.1) is 18.2 Å². The van der Waals surface area contributed by atoms with Crippen LogP contribution in [0.4, 0.5) is 8.78 Å². The molecule has 0 unspecified atom stereocenters. The van der Waals surface area contributed by atoms with Gasteiger partial charge in [-0.3, -0.25) is 4.98 Å². The third-order valence-electron chi connectivity index (χ3n) is 10.1. The smallest absolute Gasteiger partial charge is 0 e. The number of halogens is 2. The maximum atomic E-state index is 15.4. The van der Waals surface area contributed by atoms with Crippen molar-refractivity contribution in [2.75, 3.05) is 0 Å². The molecule has 4 nitrogen and oxygen atoms in total. The summed E-state index contributed by atoms with van der Waals surface area (Å²) in [7, 11) is 0. The van der Waals surface area contributed by atoms with E-state index >= 15 is 4.39 Å². The van der Waals surface area contributed by atoms with Gasteiger partial charge in [0.2, 0.25) is 0 Å². The van der Waals surface area contributed by atoms with Gasteiger partial charge in [0, 0.05) is 36.7 Å². The number of hydrogen-bond acceptors (Lipinski definition) is 3. The third kappa shape index (κ3) is 7.35. The molecule has 0 fully saturated rings. The first-order chi connectivity index (χ1) is 27.2. The van der Waals surface area contributed by atoms with Crippen molar-refractivity contribution in [1.29, 1.82) is 0 Å². The van der Waals surface area contributed by atoms with Gasteiger partial charge in [0.05, 0.1) is 22.4 Å². The Bertz CT molecular complexity index is 3040. The fourth-order valence-corrected chi connectivity index (χ4v) is 9.31. The van der Waals surface area contributed by atoms with Gasteiger partial charge in [0.1, 0.15) is 17.2 Å². The van der Waals surface area contributed by atoms with Gasteiger partial charge in [-0.1, -0.05) is 77.7 Å². The van der Waals surface area contributed by atoms with Crippen LogP contribution in [0.25, 0.3) is 83.2 Å². The van der Waals surface area contributed by atoms with Crippen molar-refractivity contribution in [2.24, 2.45) is 0 Å². The Hall–Kier alpha value is -5.73. The molecule has 0 bridgehead atoms. The molecule has 7 aromatic carbocycles. The summed E-state index contributed by atoms with van der Waals surface area (Å²) in [5.41, 5.74) is 6.83. The average Bonchev–Trinajstić information content (AvgIpc) is 3.81. The van der Waals surface area contributed by atoms with Gasteiger partial charge in [-0.25, -0.2) is 8.78 Å². The van der Waals surface area contributed by atoms with Gasteiger partial charge in [0.15, 0.2) is 0 Å². The second kappa shape index (κ2) is 15.7. The van der Waals surface area contributed by atoms with Crippen molar-refractivity contribution >= 4 is 61.4 Å². The van der Waals surface area contributed by atoms with Crippen molar-refractivity contribution in [3.8, 4) is 39.5 Å². The zero-order valence-corrected chi connectivity index (χ0v) is 35.8. The van der Waals surface area contributed by atoms with Crippen LogP contribution in [-0.2, 0) is 20.1 Å². The summed E-state index contributed by atoms with van der Waals surface area (Å²) in [5, 5.41) is 3.90. The van der Waals surface area contributed by atoms with Crippen LogP contribution in [0.5, 0.6) is 0 Å². The number of benzene rings is 7. The number of aromatic nitrogens is 3. The van der Waals surface area contributed by atoms with Crippen LogP contribution in [0.2, 0.25) is 17.3 Å². The Kier molecular flexibility index (Phi) is 10.5. The number of hydrogen-bond donors (Lipinski definition) is 0. The molecule has 10 aromatic rings. The summed E-state index contributed by atoms with van der Waals surface area (Å²) in [4.78, 5) is 9.41. The standard InChI is InChI=1S/C35H19F2N2O.C14H16GeN.Ir/c36-29-12-4-3-9-25(29)23-16-18-26-27-10-5-11-28(34(27)40-32(26)20-23)35-38-31-14-6-13-30(37)33(31)39(35)24-17-15-21-7-1-2-8-22(21)19-24;1-15(2,3)13-9-10-14(16-11-13)12-7-5-4-6-8-12;/h1-10,12-20H;4-7,9-11H,1-3H3;/q2*-1;. The van der Waals surface area contributed by atoms with Gasteiger partial charge < -0.3 is 8.98 Å². The minimum atomic E-state index is -1.72. The molecule has 3 heterocycles. The molecular formula is C49H35F2GeIrN3O-2. The predicted octanol–water partition coefficient (Wildman–Crippen LogP) is 12.6. The van der Waals surface area contributed by atoms with Crippen LogP contribution in [0, 0.1) is 23.8 Å². The Morgan fingerprint density at radius 1 is 0.667 bits per heavy atom. The molecule has 1 radical (unpaired) electrons. The fraction of sp³-hybridized carbons (Fsp3) is 0.0612.